The molecule has 0 amide bonds. The van der Waals surface area contributed by atoms with E-state index in [4.69, 9.17) is 5.11 Å². The molecule has 2 nitrogen and oxygen atoms in total. The summed E-state index contributed by atoms with van der Waals surface area (Å²) in [6.07, 6.45) is 0. The average Bonchev–Trinajstić information content (AvgIpc) is 2.17. The minimum absolute atomic E-state index is 0.119. The monoisotopic (exact) mass is 242 g/mol. The maximum atomic E-state index is 10.7. The molecule has 1 rings (SSSR count). The van der Waals surface area contributed by atoms with E-state index in [1.54, 1.807) is 6.92 Å². The maximum absolute atomic E-state index is 10.7. The van der Waals surface area contributed by atoms with Crippen molar-refractivity contribution < 1.29 is 9.90 Å². The van der Waals surface area contributed by atoms with Crippen LogP contribution in [0.25, 0.3) is 0 Å². The Kier molecular flexibility index (Phi) is 3.48. The van der Waals surface area contributed by atoms with Gasteiger partial charge in [-0.2, -0.15) is 0 Å². The van der Waals surface area contributed by atoms with E-state index in [0.717, 1.165) is 5.56 Å². The molecule has 0 heterocycles. The number of halogens is 1. The maximum Gasteiger partial charge on any atom is 0.307 e. The number of aliphatic carboxylic acids is 1. The molecular formula is C10H11BrO2. The lowest BCUT2D eigenvalue weighted by atomic mass is 10.0. The Morgan fingerprint density at radius 1 is 1.38 bits per heavy atom. The normalized spacial score (nSPS) is 14.9. The van der Waals surface area contributed by atoms with Crippen molar-refractivity contribution in [2.75, 3.05) is 0 Å². The van der Waals surface area contributed by atoms with Crippen LogP contribution in [0.3, 0.4) is 0 Å². The molecule has 1 aromatic carbocycles. The van der Waals surface area contributed by atoms with Gasteiger partial charge >= 0.3 is 5.97 Å². The Bertz CT molecular complexity index is 284. The van der Waals surface area contributed by atoms with Crippen LogP contribution in [0.4, 0.5) is 0 Å². The zero-order valence-electron chi connectivity index (χ0n) is 7.27. The van der Waals surface area contributed by atoms with Gasteiger partial charge in [0.25, 0.3) is 0 Å². The second-order valence-corrected chi connectivity index (χ2v) is 3.93. The van der Waals surface area contributed by atoms with Crippen LogP contribution in [0.5, 0.6) is 0 Å². The fraction of sp³-hybridized carbons (Fsp3) is 0.300. The summed E-state index contributed by atoms with van der Waals surface area (Å²) in [4.78, 5) is 10.6. The summed E-state index contributed by atoms with van der Waals surface area (Å²) < 4.78 is 0. The van der Waals surface area contributed by atoms with Crippen LogP contribution in [-0.4, -0.2) is 11.1 Å². The minimum atomic E-state index is -0.786. The molecule has 13 heavy (non-hydrogen) atoms. The summed E-state index contributed by atoms with van der Waals surface area (Å²) in [6, 6.07) is 9.54. The van der Waals surface area contributed by atoms with Crippen molar-refractivity contribution >= 4 is 21.9 Å². The largest absolute Gasteiger partial charge is 0.481 e. The Morgan fingerprint density at radius 2 is 1.92 bits per heavy atom. The Morgan fingerprint density at radius 3 is 2.38 bits per heavy atom. The molecule has 0 saturated heterocycles. The highest BCUT2D eigenvalue weighted by molar-refractivity contribution is 9.09. The summed E-state index contributed by atoms with van der Waals surface area (Å²) in [5, 5.41) is 8.78. The third-order valence-electron chi connectivity index (χ3n) is 1.95. The van der Waals surface area contributed by atoms with Crippen LogP contribution in [0.2, 0.25) is 0 Å². The van der Waals surface area contributed by atoms with Crippen molar-refractivity contribution in [1.82, 2.24) is 0 Å². The van der Waals surface area contributed by atoms with E-state index in [2.05, 4.69) is 15.9 Å². The van der Waals surface area contributed by atoms with Crippen molar-refractivity contribution in [2.45, 2.75) is 11.8 Å². The van der Waals surface area contributed by atoms with E-state index in [1.165, 1.54) is 0 Å². The second kappa shape index (κ2) is 4.42. The van der Waals surface area contributed by atoms with Gasteiger partial charge in [-0.25, -0.2) is 0 Å². The Hall–Kier alpha value is -0.830. The highest BCUT2D eigenvalue weighted by Crippen LogP contribution is 2.30. The lowest BCUT2D eigenvalue weighted by Gasteiger charge is -2.13. The predicted molar refractivity (Wildman–Crippen MR) is 54.9 cm³/mol. The first kappa shape index (κ1) is 10.3. The molecule has 0 fully saturated rings. The van der Waals surface area contributed by atoms with Crippen molar-refractivity contribution in [3.05, 3.63) is 35.9 Å². The highest BCUT2D eigenvalue weighted by Gasteiger charge is 2.21. The van der Waals surface area contributed by atoms with Gasteiger partial charge in [0.05, 0.1) is 10.7 Å². The first-order chi connectivity index (χ1) is 6.13. The molecule has 0 aliphatic carbocycles. The topological polar surface area (TPSA) is 37.3 Å². The van der Waals surface area contributed by atoms with Crippen molar-refractivity contribution in [2.24, 2.45) is 5.92 Å². The second-order valence-electron chi connectivity index (χ2n) is 2.94. The molecule has 0 radical (unpaired) electrons. The first-order valence-electron chi connectivity index (χ1n) is 4.04. The summed E-state index contributed by atoms with van der Waals surface area (Å²) in [7, 11) is 0. The minimum Gasteiger partial charge on any atom is -0.481 e. The summed E-state index contributed by atoms with van der Waals surface area (Å²) >= 11 is 3.37. The zero-order valence-corrected chi connectivity index (χ0v) is 8.86. The summed E-state index contributed by atoms with van der Waals surface area (Å²) in [5.41, 5.74) is 0.998. The number of alkyl halides is 1. The lowest BCUT2D eigenvalue weighted by molar-refractivity contribution is -0.141. The number of rotatable bonds is 3. The van der Waals surface area contributed by atoms with Crippen LogP contribution in [0, 0.1) is 5.92 Å². The van der Waals surface area contributed by atoms with Gasteiger partial charge in [-0.15, -0.1) is 0 Å². The third kappa shape index (κ3) is 2.56. The van der Waals surface area contributed by atoms with Gasteiger partial charge in [-0.3, -0.25) is 4.79 Å². The number of benzene rings is 1. The van der Waals surface area contributed by atoms with Gasteiger partial charge in [0.15, 0.2) is 0 Å². The van der Waals surface area contributed by atoms with E-state index in [-0.39, 0.29) is 4.83 Å². The van der Waals surface area contributed by atoms with Gasteiger partial charge in [0, 0.05) is 0 Å². The number of carboxylic acids is 1. The molecule has 1 N–H and O–H groups in total. The van der Waals surface area contributed by atoms with Crippen molar-refractivity contribution in [3.63, 3.8) is 0 Å². The molecule has 2 unspecified atom stereocenters. The molecule has 0 bridgehead atoms. The van der Waals surface area contributed by atoms with Gasteiger partial charge in [-0.1, -0.05) is 53.2 Å². The number of hydrogen-bond acceptors (Lipinski definition) is 1. The van der Waals surface area contributed by atoms with Gasteiger partial charge < -0.3 is 5.11 Å². The van der Waals surface area contributed by atoms with E-state index in [9.17, 15) is 4.79 Å². The Balaban J connectivity index is 2.79. The van der Waals surface area contributed by atoms with Crippen LogP contribution < -0.4 is 0 Å². The third-order valence-corrected chi connectivity index (χ3v) is 3.27. The molecule has 0 saturated carbocycles. The van der Waals surface area contributed by atoms with Crippen LogP contribution >= 0.6 is 15.9 Å². The smallest absolute Gasteiger partial charge is 0.307 e. The van der Waals surface area contributed by atoms with Gasteiger partial charge in [0.2, 0.25) is 0 Å². The van der Waals surface area contributed by atoms with E-state index in [0.29, 0.717) is 0 Å². The molecule has 70 valence electrons. The number of hydrogen-bond donors (Lipinski definition) is 1. The Labute approximate surface area is 85.7 Å². The number of carboxylic acid groups (broad SMARTS) is 1. The summed E-state index contributed by atoms with van der Waals surface area (Å²) in [5.74, 6) is -1.20. The number of carbonyl (C=O) groups is 1. The van der Waals surface area contributed by atoms with Crippen LogP contribution in [0.1, 0.15) is 17.3 Å². The predicted octanol–water partition coefficient (Wildman–Crippen LogP) is 2.84. The standard InChI is InChI=1S/C10H11BrO2/c1-7(10(12)13)9(11)8-5-3-2-4-6-8/h2-7,9H,1H3,(H,12,13). The molecule has 1 aromatic rings. The molecule has 0 aromatic heterocycles. The van der Waals surface area contributed by atoms with E-state index >= 15 is 0 Å². The summed E-state index contributed by atoms with van der Waals surface area (Å²) in [6.45, 7) is 1.69. The molecule has 0 aliphatic heterocycles. The first-order valence-corrected chi connectivity index (χ1v) is 4.96. The average molecular weight is 243 g/mol. The van der Waals surface area contributed by atoms with Crippen LogP contribution in [0.15, 0.2) is 30.3 Å². The zero-order chi connectivity index (χ0) is 9.84. The fourth-order valence-electron chi connectivity index (χ4n) is 1.05. The van der Waals surface area contributed by atoms with Crippen molar-refractivity contribution in [3.8, 4) is 0 Å². The van der Waals surface area contributed by atoms with E-state index in [1.807, 2.05) is 30.3 Å². The van der Waals surface area contributed by atoms with Crippen LogP contribution in [-0.2, 0) is 4.79 Å². The van der Waals surface area contributed by atoms with E-state index < -0.39 is 11.9 Å². The quantitative estimate of drug-likeness (QED) is 0.829. The van der Waals surface area contributed by atoms with Crippen molar-refractivity contribution in [1.29, 1.82) is 0 Å². The molecule has 0 aliphatic rings. The molecule has 3 heteroatoms. The van der Waals surface area contributed by atoms with Gasteiger partial charge in [0.1, 0.15) is 0 Å². The SMILES string of the molecule is CC(C(=O)O)C(Br)c1ccccc1. The molecule has 2 atom stereocenters. The molecular weight excluding hydrogens is 232 g/mol. The molecule has 0 spiro atoms. The lowest BCUT2D eigenvalue weighted by Crippen LogP contribution is -2.14. The fourth-order valence-corrected chi connectivity index (χ4v) is 1.58. The van der Waals surface area contributed by atoms with Gasteiger partial charge in [-0.05, 0) is 5.56 Å². The highest BCUT2D eigenvalue weighted by atomic mass is 79.9.